The largest absolute Gasteiger partial charge is 0.484 e. The van der Waals surface area contributed by atoms with Gasteiger partial charge in [0.25, 0.3) is 5.89 Å². The van der Waals surface area contributed by atoms with E-state index in [2.05, 4.69) is 24.9 Å². The minimum atomic E-state index is -4.67. The van der Waals surface area contributed by atoms with Gasteiger partial charge < -0.3 is 13.7 Å². The molecule has 7 nitrogen and oxygen atoms in total. The van der Waals surface area contributed by atoms with E-state index in [0.29, 0.717) is 23.1 Å². The Morgan fingerprint density at radius 1 is 1.12 bits per heavy atom. The van der Waals surface area contributed by atoms with Crippen molar-refractivity contribution in [3.05, 3.63) is 41.9 Å². The van der Waals surface area contributed by atoms with Gasteiger partial charge in [0, 0.05) is 11.5 Å². The molecule has 25 heavy (non-hydrogen) atoms. The molecule has 2 aromatic heterocycles. The summed E-state index contributed by atoms with van der Waals surface area (Å²) in [5, 5.41) is 11.1. The van der Waals surface area contributed by atoms with Crippen LogP contribution in [0.1, 0.15) is 37.4 Å². The van der Waals surface area contributed by atoms with Crippen LogP contribution in [0.2, 0.25) is 0 Å². The van der Waals surface area contributed by atoms with Crippen LogP contribution in [0, 0.1) is 0 Å². The smallest absolute Gasteiger partial charge is 0.471 e. The summed E-state index contributed by atoms with van der Waals surface area (Å²) in [6.07, 6.45) is -4.67. The highest BCUT2D eigenvalue weighted by atomic mass is 19.4. The van der Waals surface area contributed by atoms with Gasteiger partial charge >= 0.3 is 12.1 Å². The Bertz CT molecular complexity index is 840. The Hall–Kier alpha value is -2.91. The lowest BCUT2D eigenvalue weighted by Gasteiger charge is -2.03. The summed E-state index contributed by atoms with van der Waals surface area (Å²) in [6.45, 7) is 3.94. The van der Waals surface area contributed by atoms with Gasteiger partial charge in [0.2, 0.25) is 11.7 Å². The molecule has 0 N–H and O–H groups in total. The van der Waals surface area contributed by atoms with Crippen LogP contribution in [0.5, 0.6) is 5.75 Å². The molecule has 2 heterocycles. The lowest BCUT2D eigenvalue weighted by Crippen LogP contribution is -2.04. The normalized spacial score (nSPS) is 11.9. The first kappa shape index (κ1) is 16.9. The molecule has 1 aromatic carbocycles. The molecule has 0 saturated heterocycles. The first-order valence-electron chi connectivity index (χ1n) is 7.29. The summed E-state index contributed by atoms with van der Waals surface area (Å²) >= 11 is 0. The summed E-state index contributed by atoms with van der Waals surface area (Å²) in [5.41, 5.74) is 0.367. The third-order valence-corrected chi connectivity index (χ3v) is 3.12. The van der Waals surface area contributed by atoms with E-state index in [0.717, 1.165) is 0 Å². The SMILES string of the molecule is CC(C)c1nnc(COc2ccc(-c3noc(C(F)(F)F)n3)cc2)o1. The quantitative estimate of drug-likeness (QED) is 0.688. The van der Waals surface area contributed by atoms with E-state index >= 15 is 0 Å². The van der Waals surface area contributed by atoms with Crippen LogP contribution in [0.25, 0.3) is 11.4 Å². The Labute approximate surface area is 139 Å². The van der Waals surface area contributed by atoms with Crippen LogP contribution in [-0.2, 0) is 12.8 Å². The maximum atomic E-state index is 12.5. The number of ether oxygens (including phenoxy) is 1. The number of nitrogens with zero attached hydrogens (tertiary/aromatic N) is 4. The second kappa shape index (κ2) is 6.54. The van der Waals surface area contributed by atoms with Gasteiger partial charge in [-0.2, -0.15) is 18.2 Å². The highest BCUT2D eigenvalue weighted by Gasteiger charge is 2.38. The highest BCUT2D eigenvalue weighted by Crippen LogP contribution is 2.29. The standard InChI is InChI=1S/C15H13F3N4O3/c1-8(2)13-21-20-11(24-13)7-23-10-5-3-9(4-6-10)12-19-14(25-22-12)15(16,17)18/h3-6,8H,7H2,1-2H3. The van der Waals surface area contributed by atoms with Crippen LogP contribution in [0.3, 0.4) is 0 Å². The molecule has 132 valence electrons. The third kappa shape index (κ3) is 3.95. The Kier molecular flexibility index (Phi) is 4.43. The van der Waals surface area contributed by atoms with Crippen molar-refractivity contribution < 1.29 is 26.8 Å². The fourth-order valence-corrected chi connectivity index (χ4v) is 1.86. The van der Waals surface area contributed by atoms with Gasteiger partial charge in [-0.15, -0.1) is 10.2 Å². The predicted octanol–water partition coefficient (Wildman–Crippen LogP) is 3.84. The van der Waals surface area contributed by atoms with E-state index in [-0.39, 0.29) is 18.3 Å². The number of rotatable bonds is 5. The van der Waals surface area contributed by atoms with Crippen LogP contribution in [0.15, 0.2) is 33.2 Å². The van der Waals surface area contributed by atoms with Crippen molar-refractivity contribution in [3.63, 3.8) is 0 Å². The Morgan fingerprint density at radius 2 is 1.84 bits per heavy atom. The average molecular weight is 354 g/mol. The molecular formula is C15H13F3N4O3. The molecule has 10 heteroatoms. The summed E-state index contributed by atoms with van der Waals surface area (Å²) < 4.78 is 52.5. The van der Waals surface area contributed by atoms with Crippen molar-refractivity contribution in [2.75, 3.05) is 0 Å². The van der Waals surface area contributed by atoms with Gasteiger partial charge in [0.1, 0.15) is 5.75 Å². The van der Waals surface area contributed by atoms with Crippen molar-refractivity contribution in [2.24, 2.45) is 0 Å². The first-order valence-corrected chi connectivity index (χ1v) is 7.29. The summed E-state index contributed by atoms with van der Waals surface area (Å²) in [6, 6.07) is 6.18. The molecule has 0 radical (unpaired) electrons. The van der Waals surface area contributed by atoms with E-state index in [4.69, 9.17) is 9.15 Å². The van der Waals surface area contributed by atoms with Crippen molar-refractivity contribution in [1.29, 1.82) is 0 Å². The molecule has 0 aliphatic rings. The summed E-state index contributed by atoms with van der Waals surface area (Å²) in [4.78, 5) is 3.32. The third-order valence-electron chi connectivity index (χ3n) is 3.12. The fourth-order valence-electron chi connectivity index (χ4n) is 1.86. The van der Waals surface area contributed by atoms with Crippen LogP contribution >= 0.6 is 0 Å². The van der Waals surface area contributed by atoms with Crippen LogP contribution < -0.4 is 4.74 Å². The zero-order valence-electron chi connectivity index (χ0n) is 13.2. The van der Waals surface area contributed by atoms with Crippen LogP contribution in [-0.4, -0.2) is 20.3 Å². The van der Waals surface area contributed by atoms with Gasteiger partial charge in [-0.1, -0.05) is 19.0 Å². The monoisotopic (exact) mass is 354 g/mol. The molecule has 0 amide bonds. The van der Waals surface area contributed by atoms with Gasteiger partial charge in [0.15, 0.2) is 6.61 Å². The number of hydrogen-bond donors (Lipinski definition) is 0. The number of aromatic nitrogens is 4. The van der Waals surface area contributed by atoms with Gasteiger partial charge in [-0.25, -0.2) is 0 Å². The summed E-state index contributed by atoms with van der Waals surface area (Å²) in [5.74, 6) is -0.0884. The molecule has 0 aliphatic carbocycles. The van der Waals surface area contributed by atoms with Gasteiger partial charge in [-0.05, 0) is 24.3 Å². The Morgan fingerprint density at radius 3 is 2.40 bits per heavy atom. The second-order valence-electron chi connectivity index (χ2n) is 5.42. The van der Waals surface area contributed by atoms with Crippen LogP contribution in [0.4, 0.5) is 13.2 Å². The first-order chi connectivity index (χ1) is 11.8. The van der Waals surface area contributed by atoms with Crippen molar-refractivity contribution in [2.45, 2.75) is 32.5 Å². The van der Waals surface area contributed by atoms with Gasteiger partial charge in [0.05, 0.1) is 0 Å². The maximum Gasteiger partial charge on any atom is 0.471 e. The number of benzene rings is 1. The molecule has 0 fully saturated rings. The maximum absolute atomic E-state index is 12.5. The highest BCUT2D eigenvalue weighted by molar-refractivity contribution is 5.55. The summed E-state index contributed by atoms with van der Waals surface area (Å²) in [7, 11) is 0. The zero-order chi connectivity index (χ0) is 18.0. The van der Waals surface area contributed by atoms with Gasteiger partial charge in [-0.3, -0.25) is 0 Å². The van der Waals surface area contributed by atoms with Crippen molar-refractivity contribution in [1.82, 2.24) is 20.3 Å². The minimum absolute atomic E-state index is 0.0828. The second-order valence-corrected chi connectivity index (χ2v) is 5.42. The zero-order valence-corrected chi connectivity index (χ0v) is 13.2. The molecule has 0 spiro atoms. The lowest BCUT2D eigenvalue weighted by molar-refractivity contribution is -0.159. The predicted molar refractivity (Wildman–Crippen MR) is 77.5 cm³/mol. The molecule has 3 rings (SSSR count). The van der Waals surface area contributed by atoms with E-state index in [1.807, 2.05) is 13.8 Å². The molecular weight excluding hydrogens is 341 g/mol. The lowest BCUT2D eigenvalue weighted by atomic mass is 10.2. The Balaban J connectivity index is 1.64. The fraction of sp³-hybridized carbons (Fsp3) is 0.333. The molecule has 0 saturated carbocycles. The number of halogens is 3. The van der Waals surface area contributed by atoms with Crippen molar-refractivity contribution in [3.8, 4) is 17.1 Å². The number of alkyl halides is 3. The minimum Gasteiger partial charge on any atom is -0.484 e. The topological polar surface area (TPSA) is 87.1 Å². The van der Waals surface area contributed by atoms with E-state index in [9.17, 15) is 13.2 Å². The molecule has 0 unspecified atom stereocenters. The molecule has 0 bridgehead atoms. The molecule has 0 atom stereocenters. The number of hydrogen-bond acceptors (Lipinski definition) is 7. The average Bonchev–Trinajstić information content (AvgIpc) is 3.22. The molecule has 0 aliphatic heterocycles. The van der Waals surface area contributed by atoms with E-state index < -0.39 is 12.1 Å². The molecule has 3 aromatic rings. The van der Waals surface area contributed by atoms with Crippen molar-refractivity contribution >= 4 is 0 Å². The van der Waals surface area contributed by atoms with E-state index in [1.54, 1.807) is 12.1 Å². The van der Waals surface area contributed by atoms with E-state index in [1.165, 1.54) is 12.1 Å².